The van der Waals surface area contributed by atoms with Gasteiger partial charge in [-0.25, -0.2) is 0 Å². The monoisotopic (exact) mass is 222 g/mol. The highest BCUT2D eigenvalue weighted by molar-refractivity contribution is 6.53. The molecule has 0 N–H and O–H groups in total. The van der Waals surface area contributed by atoms with Crippen LogP contribution < -0.4 is 4.90 Å². The van der Waals surface area contributed by atoms with Crippen LogP contribution in [-0.4, -0.2) is 11.7 Å². The molecule has 3 nitrogen and oxygen atoms in total. The second kappa shape index (κ2) is 3.56. The lowest BCUT2D eigenvalue weighted by atomic mass is 10.1. The molecule has 3 rings (SSSR count). The zero-order chi connectivity index (χ0) is 11.8. The highest BCUT2D eigenvalue weighted by Gasteiger charge is 2.36. The summed E-state index contributed by atoms with van der Waals surface area (Å²) in [6.45, 7) is 0. The third-order valence-corrected chi connectivity index (χ3v) is 2.75. The van der Waals surface area contributed by atoms with Gasteiger partial charge in [0.15, 0.2) is 0 Å². The van der Waals surface area contributed by atoms with Crippen molar-refractivity contribution in [1.82, 2.24) is 0 Å². The van der Waals surface area contributed by atoms with Gasteiger partial charge in [-0.3, -0.25) is 14.5 Å². The molecular formula is C14H8NO2. The van der Waals surface area contributed by atoms with E-state index in [2.05, 4.69) is 6.07 Å². The van der Waals surface area contributed by atoms with E-state index in [0.29, 0.717) is 16.9 Å². The molecule has 0 spiro atoms. The van der Waals surface area contributed by atoms with Crippen molar-refractivity contribution in [2.45, 2.75) is 0 Å². The van der Waals surface area contributed by atoms with Crippen molar-refractivity contribution in [3.63, 3.8) is 0 Å². The largest absolute Gasteiger partial charge is 0.304 e. The second-order valence-electron chi connectivity index (χ2n) is 3.75. The van der Waals surface area contributed by atoms with Gasteiger partial charge in [0.05, 0.1) is 11.3 Å². The Morgan fingerprint density at radius 2 is 1.65 bits per heavy atom. The van der Waals surface area contributed by atoms with E-state index in [-0.39, 0.29) is 0 Å². The molecule has 2 aromatic carbocycles. The highest BCUT2D eigenvalue weighted by atomic mass is 16.2. The van der Waals surface area contributed by atoms with Crippen LogP contribution >= 0.6 is 0 Å². The summed E-state index contributed by atoms with van der Waals surface area (Å²) in [7, 11) is 0. The van der Waals surface area contributed by atoms with Crippen molar-refractivity contribution in [3.05, 3.63) is 60.2 Å². The maximum Gasteiger partial charge on any atom is 0.304 e. The number of carbonyl (C=O) groups excluding carboxylic acids is 2. The van der Waals surface area contributed by atoms with E-state index in [9.17, 15) is 9.59 Å². The molecule has 0 saturated heterocycles. The summed E-state index contributed by atoms with van der Waals surface area (Å²) < 4.78 is 0. The number of ketones is 1. The van der Waals surface area contributed by atoms with Gasteiger partial charge in [0.25, 0.3) is 5.78 Å². The molecule has 0 bridgehead atoms. The van der Waals surface area contributed by atoms with Crippen LogP contribution in [-0.2, 0) is 4.79 Å². The molecule has 0 unspecified atom stereocenters. The van der Waals surface area contributed by atoms with E-state index in [0.717, 1.165) is 0 Å². The lowest BCUT2D eigenvalue weighted by Gasteiger charge is -2.15. The average molecular weight is 222 g/mol. The van der Waals surface area contributed by atoms with Crippen molar-refractivity contribution < 1.29 is 9.59 Å². The number of Topliss-reactive ketones (excluding diaryl/α,β-unsaturated/α-hetero) is 1. The Morgan fingerprint density at radius 1 is 0.941 bits per heavy atom. The topological polar surface area (TPSA) is 37.4 Å². The molecule has 1 radical (unpaired) electrons. The van der Waals surface area contributed by atoms with Crippen LogP contribution in [0.1, 0.15) is 10.4 Å². The Morgan fingerprint density at radius 3 is 2.41 bits per heavy atom. The number of anilines is 2. The fourth-order valence-electron chi connectivity index (χ4n) is 1.97. The summed E-state index contributed by atoms with van der Waals surface area (Å²) in [5.41, 5.74) is 1.80. The van der Waals surface area contributed by atoms with E-state index < -0.39 is 11.7 Å². The zero-order valence-corrected chi connectivity index (χ0v) is 8.88. The molecule has 1 aliphatic rings. The molecule has 0 aromatic heterocycles. The molecule has 81 valence electrons. The number of rotatable bonds is 1. The number of fused-ring (bicyclic) bond motifs is 1. The van der Waals surface area contributed by atoms with Crippen molar-refractivity contribution >= 4 is 23.1 Å². The predicted octanol–water partition coefficient (Wildman–Crippen LogP) is 2.35. The number of hydrogen-bond acceptors (Lipinski definition) is 2. The summed E-state index contributed by atoms with van der Waals surface area (Å²) in [5, 5.41) is 0. The third-order valence-electron chi connectivity index (χ3n) is 2.75. The maximum absolute atomic E-state index is 11.9. The smallest absolute Gasteiger partial charge is 0.283 e. The Balaban J connectivity index is 2.20. The zero-order valence-electron chi connectivity index (χ0n) is 8.88. The van der Waals surface area contributed by atoms with Crippen LogP contribution in [0.15, 0.2) is 48.5 Å². The van der Waals surface area contributed by atoms with Crippen molar-refractivity contribution in [2.75, 3.05) is 4.90 Å². The van der Waals surface area contributed by atoms with Crippen LogP contribution in [0.25, 0.3) is 0 Å². The molecular weight excluding hydrogens is 214 g/mol. The van der Waals surface area contributed by atoms with Gasteiger partial charge >= 0.3 is 5.91 Å². The quantitative estimate of drug-likeness (QED) is 0.694. The van der Waals surface area contributed by atoms with E-state index in [4.69, 9.17) is 0 Å². The molecule has 3 heteroatoms. The van der Waals surface area contributed by atoms with Crippen LogP contribution in [0.3, 0.4) is 0 Å². The first-order chi connectivity index (χ1) is 8.29. The molecule has 0 saturated carbocycles. The predicted molar refractivity (Wildman–Crippen MR) is 63.2 cm³/mol. The standard InChI is InChI=1S/C14H8NO2/c16-13-11-8-4-5-9-12(11)15(14(13)17)10-6-2-1-3-7-10/h2-9H. The summed E-state index contributed by atoms with van der Waals surface area (Å²) in [4.78, 5) is 25.1. The molecule has 0 atom stereocenters. The van der Waals surface area contributed by atoms with E-state index in [1.807, 2.05) is 6.07 Å². The average Bonchev–Trinajstić information content (AvgIpc) is 2.64. The van der Waals surface area contributed by atoms with Crippen molar-refractivity contribution in [1.29, 1.82) is 0 Å². The van der Waals surface area contributed by atoms with E-state index >= 15 is 0 Å². The molecule has 0 fully saturated rings. The van der Waals surface area contributed by atoms with Gasteiger partial charge in [-0.05, 0) is 30.3 Å². The van der Waals surface area contributed by atoms with Crippen LogP contribution in [0.2, 0.25) is 0 Å². The lowest BCUT2D eigenvalue weighted by molar-refractivity contribution is -0.113. The summed E-state index contributed by atoms with van der Waals surface area (Å²) in [6.07, 6.45) is 0. The fourth-order valence-corrected chi connectivity index (χ4v) is 1.97. The number of nitrogens with zero attached hydrogens (tertiary/aromatic N) is 1. The van der Waals surface area contributed by atoms with Crippen molar-refractivity contribution in [2.24, 2.45) is 0 Å². The minimum atomic E-state index is -0.502. The molecule has 0 aliphatic carbocycles. The Labute approximate surface area is 98.3 Å². The minimum Gasteiger partial charge on any atom is -0.283 e. The number of hydrogen-bond donors (Lipinski definition) is 0. The Bertz CT molecular complexity index is 605. The molecule has 1 aliphatic heterocycles. The Kier molecular flexibility index (Phi) is 2.05. The van der Waals surface area contributed by atoms with E-state index in [1.54, 1.807) is 42.5 Å². The normalized spacial score (nSPS) is 14.0. The number of para-hydroxylation sites is 1. The van der Waals surface area contributed by atoms with Gasteiger partial charge in [0.2, 0.25) is 0 Å². The SMILES string of the molecule is O=C1C(=O)N(c2cc[c]cc2)c2ccccc21. The second-order valence-corrected chi connectivity index (χ2v) is 3.75. The lowest BCUT2D eigenvalue weighted by Crippen LogP contribution is -2.24. The number of amides is 1. The first-order valence-electron chi connectivity index (χ1n) is 5.23. The first kappa shape index (κ1) is 9.78. The summed E-state index contributed by atoms with van der Waals surface area (Å²) in [5.74, 6) is -0.953. The van der Waals surface area contributed by atoms with Crippen LogP contribution in [0.5, 0.6) is 0 Å². The molecule has 2 aromatic rings. The van der Waals surface area contributed by atoms with E-state index in [1.165, 1.54) is 4.90 Å². The first-order valence-corrected chi connectivity index (χ1v) is 5.23. The number of carbonyl (C=O) groups is 2. The Hall–Kier alpha value is -2.42. The summed E-state index contributed by atoms with van der Waals surface area (Å²) >= 11 is 0. The van der Waals surface area contributed by atoms with Gasteiger partial charge in [-0.1, -0.05) is 24.3 Å². The van der Waals surface area contributed by atoms with Crippen LogP contribution in [0, 0.1) is 6.07 Å². The molecule has 1 heterocycles. The van der Waals surface area contributed by atoms with Gasteiger partial charge in [0.1, 0.15) is 0 Å². The minimum absolute atomic E-state index is 0.451. The van der Waals surface area contributed by atoms with Crippen molar-refractivity contribution in [3.8, 4) is 0 Å². The van der Waals surface area contributed by atoms with Gasteiger partial charge in [-0.2, -0.15) is 0 Å². The number of benzene rings is 2. The highest BCUT2D eigenvalue weighted by Crippen LogP contribution is 2.34. The van der Waals surface area contributed by atoms with Gasteiger partial charge < -0.3 is 0 Å². The molecule has 17 heavy (non-hydrogen) atoms. The van der Waals surface area contributed by atoms with Crippen LogP contribution in [0.4, 0.5) is 11.4 Å². The maximum atomic E-state index is 11.9. The molecule has 1 amide bonds. The van der Waals surface area contributed by atoms with Gasteiger partial charge in [-0.15, -0.1) is 0 Å². The third kappa shape index (κ3) is 1.36. The summed E-state index contributed by atoms with van der Waals surface area (Å²) in [6, 6.07) is 16.8. The fraction of sp³-hybridized carbons (Fsp3) is 0. The van der Waals surface area contributed by atoms with Gasteiger partial charge in [0, 0.05) is 5.69 Å².